The molecule has 4 heteroatoms. The summed E-state index contributed by atoms with van der Waals surface area (Å²) in [6, 6.07) is 2.26. The zero-order valence-corrected chi connectivity index (χ0v) is 11.3. The number of nitrogens with zero attached hydrogens (tertiary/aromatic N) is 2. The molecule has 0 radical (unpaired) electrons. The van der Waals surface area contributed by atoms with Gasteiger partial charge in [-0.3, -0.25) is 0 Å². The smallest absolute Gasteiger partial charge is 0.133 e. The topological polar surface area (TPSA) is 58.0 Å². The molecule has 1 aromatic rings. The SMILES string of the molecule is CC(C)c1nccc(N[C@@H]2CCCC[C@H]2CO)n1. The molecule has 2 rings (SSSR count). The number of aliphatic hydroxyl groups is 1. The van der Waals surface area contributed by atoms with Crippen molar-refractivity contribution in [3.63, 3.8) is 0 Å². The molecule has 0 aromatic carbocycles. The first kappa shape index (κ1) is 13.3. The quantitative estimate of drug-likeness (QED) is 0.861. The van der Waals surface area contributed by atoms with Crippen LogP contribution in [-0.2, 0) is 0 Å². The Morgan fingerprint density at radius 1 is 1.39 bits per heavy atom. The first-order valence-electron chi connectivity index (χ1n) is 6.91. The lowest BCUT2D eigenvalue weighted by atomic mass is 9.85. The summed E-state index contributed by atoms with van der Waals surface area (Å²) >= 11 is 0. The second-order valence-corrected chi connectivity index (χ2v) is 5.43. The lowest BCUT2D eigenvalue weighted by Gasteiger charge is -2.31. The second kappa shape index (κ2) is 6.14. The van der Waals surface area contributed by atoms with Gasteiger partial charge < -0.3 is 10.4 Å². The van der Waals surface area contributed by atoms with Gasteiger partial charge >= 0.3 is 0 Å². The maximum absolute atomic E-state index is 9.41. The van der Waals surface area contributed by atoms with Crippen LogP contribution in [0.15, 0.2) is 12.3 Å². The average Bonchev–Trinajstić information content (AvgIpc) is 2.39. The number of aromatic nitrogens is 2. The van der Waals surface area contributed by atoms with E-state index in [1.165, 1.54) is 12.8 Å². The third kappa shape index (κ3) is 3.19. The standard InChI is InChI=1S/C14H23N3O/c1-10(2)14-15-8-7-13(17-14)16-12-6-4-3-5-11(12)9-18/h7-8,10-12,18H,3-6,9H2,1-2H3,(H,15,16,17)/t11-,12+/m0/s1. The first-order chi connectivity index (χ1) is 8.70. The molecule has 0 saturated heterocycles. The highest BCUT2D eigenvalue weighted by Gasteiger charge is 2.24. The summed E-state index contributed by atoms with van der Waals surface area (Å²) in [6.07, 6.45) is 6.49. The summed E-state index contributed by atoms with van der Waals surface area (Å²) in [4.78, 5) is 8.80. The van der Waals surface area contributed by atoms with Crippen molar-refractivity contribution >= 4 is 5.82 Å². The van der Waals surface area contributed by atoms with Gasteiger partial charge in [0.05, 0.1) is 0 Å². The number of rotatable bonds is 4. The molecule has 1 fully saturated rings. The Hall–Kier alpha value is -1.16. The number of nitrogens with one attached hydrogen (secondary N) is 1. The van der Waals surface area contributed by atoms with Crippen molar-refractivity contribution in [3.05, 3.63) is 18.1 Å². The molecule has 1 aliphatic rings. The predicted molar refractivity (Wildman–Crippen MR) is 72.6 cm³/mol. The highest BCUT2D eigenvalue weighted by atomic mass is 16.3. The number of hydrogen-bond acceptors (Lipinski definition) is 4. The normalized spacial score (nSPS) is 24.2. The van der Waals surface area contributed by atoms with Gasteiger partial charge in [-0.2, -0.15) is 0 Å². The lowest BCUT2D eigenvalue weighted by molar-refractivity contribution is 0.178. The van der Waals surface area contributed by atoms with Crippen molar-refractivity contribution in [2.45, 2.75) is 51.5 Å². The van der Waals surface area contributed by atoms with Crippen LogP contribution in [0.2, 0.25) is 0 Å². The van der Waals surface area contributed by atoms with Gasteiger partial charge in [-0.05, 0) is 18.9 Å². The van der Waals surface area contributed by atoms with Crippen molar-refractivity contribution in [1.29, 1.82) is 0 Å². The molecular formula is C14H23N3O. The third-order valence-corrected chi connectivity index (χ3v) is 3.67. The molecule has 2 atom stereocenters. The van der Waals surface area contributed by atoms with Gasteiger partial charge in [-0.15, -0.1) is 0 Å². The van der Waals surface area contributed by atoms with E-state index in [0.717, 1.165) is 24.5 Å². The van der Waals surface area contributed by atoms with Crippen molar-refractivity contribution in [2.75, 3.05) is 11.9 Å². The van der Waals surface area contributed by atoms with Gasteiger partial charge in [0.2, 0.25) is 0 Å². The van der Waals surface area contributed by atoms with Gasteiger partial charge in [0.25, 0.3) is 0 Å². The van der Waals surface area contributed by atoms with Crippen LogP contribution in [0, 0.1) is 5.92 Å². The van der Waals surface area contributed by atoms with E-state index in [1.54, 1.807) is 6.20 Å². The Morgan fingerprint density at radius 3 is 2.89 bits per heavy atom. The van der Waals surface area contributed by atoms with E-state index < -0.39 is 0 Å². The minimum Gasteiger partial charge on any atom is -0.396 e. The molecule has 2 N–H and O–H groups in total. The Labute approximate surface area is 109 Å². The van der Waals surface area contributed by atoms with Crippen LogP contribution >= 0.6 is 0 Å². The van der Waals surface area contributed by atoms with Crippen LogP contribution < -0.4 is 5.32 Å². The first-order valence-corrected chi connectivity index (χ1v) is 6.91. The maximum atomic E-state index is 9.41. The average molecular weight is 249 g/mol. The van der Waals surface area contributed by atoms with Crippen LogP contribution in [0.3, 0.4) is 0 Å². The summed E-state index contributed by atoms with van der Waals surface area (Å²) in [5.41, 5.74) is 0. The van der Waals surface area contributed by atoms with Crippen molar-refractivity contribution in [1.82, 2.24) is 9.97 Å². The molecule has 0 spiro atoms. The predicted octanol–water partition coefficient (Wildman–Crippen LogP) is 2.56. The zero-order valence-electron chi connectivity index (χ0n) is 11.3. The molecule has 18 heavy (non-hydrogen) atoms. The lowest BCUT2D eigenvalue weighted by Crippen LogP contribution is -2.34. The number of aliphatic hydroxyl groups excluding tert-OH is 1. The van der Waals surface area contributed by atoms with Gasteiger partial charge in [-0.1, -0.05) is 26.7 Å². The van der Waals surface area contributed by atoms with Crippen molar-refractivity contribution in [3.8, 4) is 0 Å². The Kier molecular flexibility index (Phi) is 4.53. The highest BCUT2D eigenvalue weighted by molar-refractivity contribution is 5.35. The van der Waals surface area contributed by atoms with Crippen LogP contribution in [0.5, 0.6) is 0 Å². The van der Waals surface area contributed by atoms with Gasteiger partial charge in [0, 0.05) is 30.7 Å². The minimum absolute atomic E-state index is 0.264. The summed E-state index contributed by atoms with van der Waals surface area (Å²) < 4.78 is 0. The fourth-order valence-corrected chi connectivity index (χ4v) is 2.54. The molecule has 100 valence electrons. The summed E-state index contributed by atoms with van der Waals surface area (Å²) in [6.45, 7) is 4.45. The molecule has 0 unspecified atom stereocenters. The maximum Gasteiger partial charge on any atom is 0.133 e. The zero-order chi connectivity index (χ0) is 13.0. The fourth-order valence-electron chi connectivity index (χ4n) is 2.54. The highest BCUT2D eigenvalue weighted by Crippen LogP contribution is 2.26. The Balaban J connectivity index is 2.05. The molecule has 1 aromatic heterocycles. The Bertz CT molecular complexity index is 381. The van der Waals surface area contributed by atoms with E-state index in [9.17, 15) is 5.11 Å². The number of hydrogen-bond donors (Lipinski definition) is 2. The van der Waals surface area contributed by atoms with Gasteiger partial charge in [0.15, 0.2) is 0 Å². The van der Waals surface area contributed by atoms with Gasteiger partial charge in [0.1, 0.15) is 11.6 Å². The second-order valence-electron chi connectivity index (χ2n) is 5.43. The molecule has 0 bridgehead atoms. The monoisotopic (exact) mass is 249 g/mol. The van der Waals surface area contributed by atoms with E-state index in [1.807, 2.05) is 6.07 Å². The van der Waals surface area contributed by atoms with Crippen molar-refractivity contribution < 1.29 is 5.11 Å². The van der Waals surface area contributed by atoms with Gasteiger partial charge in [-0.25, -0.2) is 9.97 Å². The van der Waals surface area contributed by atoms with Crippen molar-refractivity contribution in [2.24, 2.45) is 5.92 Å². The molecule has 1 saturated carbocycles. The molecular weight excluding hydrogens is 226 g/mol. The van der Waals surface area contributed by atoms with E-state index in [-0.39, 0.29) is 6.61 Å². The Morgan fingerprint density at radius 2 is 2.17 bits per heavy atom. The number of anilines is 1. The minimum atomic E-state index is 0.264. The summed E-state index contributed by atoms with van der Waals surface area (Å²) in [5, 5.41) is 12.9. The molecule has 1 aliphatic carbocycles. The largest absolute Gasteiger partial charge is 0.396 e. The van der Waals surface area contributed by atoms with E-state index >= 15 is 0 Å². The van der Waals surface area contributed by atoms with E-state index in [2.05, 4.69) is 29.1 Å². The third-order valence-electron chi connectivity index (χ3n) is 3.67. The van der Waals surface area contributed by atoms with E-state index in [0.29, 0.717) is 17.9 Å². The molecule has 0 amide bonds. The molecule has 1 heterocycles. The van der Waals surface area contributed by atoms with E-state index in [4.69, 9.17) is 0 Å². The summed E-state index contributed by atoms with van der Waals surface area (Å²) in [5.74, 6) is 2.46. The fraction of sp³-hybridized carbons (Fsp3) is 0.714. The van der Waals surface area contributed by atoms with Crippen LogP contribution in [0.25, 0.3) is 0 Å². The molecule has 4 nitrogen and oxygen atoms in total. The molecule has 0 aliphatic heterocycles. The summed E-state index contributed by atoms with van der Waals surface area (Å²) in [7, 11) is 0. The van der Waals surface area contributed by atoms with Crippen LogP contribution in [0.1, 0.15) is 51.3 Å². The van der Waals surface area contributed by atoms with Crippen LogP contribution in [-0.4, -0.2) is 27.7 Å². The van der Waals surface area contributed by atoms with Crippen LogP contribution in [0.4, 0.5) is 5.82 Å².